The molecule has 8 nitrogen and oxygen atoms in total. The number of nitrogens with one attached hydrogen (secondary N) is 1. The Balaban J connectivity index is 1.34. The number of likely N-dealkylation sites (tertiary alicyclic amines) is 1. The summed E-state index contributed by atoms with van der Waals surface area (Å²) in [5.74, 6) is -0.0125. The van der Waals surface area contributed by atoms with Gasteiger partial charge < -0.3 is 15.1 Å². The van der Waals surface area contributed by atoms with Crippen LogP contribution in [0.5, 0.6) is 0 Å². The first-order chi connectivity index (χ1) is 18.5. The minimum atomic E-state index is -0.528. The number of carbonyl (C=O) groups is 1. The van der Waals surface area contributed by atoms with Crippen LogP contribution in [0.4, 0.5) is 10.2 Å². The number of likely N-dealkylation sites (N-methyl/N-ethyl adjacent to an activating group) is 1. The minimum Gasteiger partial charge on any atom is -0.373 e. The fourth-order valence-electron chi connectivity index (χ4n) is 5.53. The number of aryl methyl sites for hydroxylation is 1. The molecule has 0 aliphatic carbocycles. The van der Waals surface area contributed by atoms with Crippen molar-refractivity contribution in [3.05, 3.63) is 59.9 Å². The van der Waals surface area contributed by atoms with Crippen molar-refractivity contribution >= 4 is 11.7 Å². The fraction of sp³-hybridized carbons (Fsp3) is 0.448. The molecule has 200 valence electrons. The monoisotopic (exact) mass is 517 g/mol. The van der Waals surface area contributed by atoms with Crippen molar-refractivity contribution < 1.29 is 9.18 Å². The summed E-state index contributed by atoms with van der Waals surface area (Å²) in [5, 5.41) is 3.02. The average Bonchev–Trinajstić information content (AvgIpc) is 2.97. The zero-order valence-electron chi connectivity index (χ0n) is 22.5. The number of amides is 1. The highest BCUT2D eigenvalue weighted by molar-refractivity contribution is 5.95. The summed E-state index contributed by atoms with van der Waals surface area (Å²) < 4.78 is 15.4. The van der Waals surface area contributed by atoms with Crippen LogP contribution in [-0.4, -0.2) is 95.0 Å². The minimum absolute atomic E-state index is 0.109. The van der Waals surface area contributed by atoms with Crippen molar-refractivity contribution in [2.24, 2.45) is 0 Å². The van der Waals surface area contributed by atoms with Crippen LogP contribution in [0.2, 0.25) is 0 Å². The van der Waals surface area contributed by atoms with Crippen LogP contribution < -0.4 is 5.32 Å². The standard InChI is InChI=1S/C29H36FN7O/c1-4-25-27(21-6-8-26(31-2)32-18-21)28(34-19-33-25)20-5-7-23(24(30)17-20)29(38)37-11-9-22(10-12-37)36-15-13-35(3)14-16-36/h5-8,17-19,22H,4,9-16H2,1-3H3,(H,31,32). The van der Waals surface area contributed by atoms with Gasteiger partial charge in [0.2, 0.25) is 0 Å². The third-order valence-electron chi connectivity index (χ3n) is 7.85. The van der Waals surface area contributed by atoms with Crippen LogP contribution in [0, 0.1) is 5.82 Å². The number of hydrogen-bond donors (Lipinski definition) is 1. The van der Waals surface area contributed by atoms with Crippen LogP contribution in [0.1, 0.15) is 35.8 Å². The molecule has 9 heteroatoms. The van der Waals surface area contributed by atoms with Crippen LogP contribution in [-0.2, 0) is 6.42 Å². The van der Waals surface area contributed by atoms with Gasteiger partial charge in [0.15, 0.2) is 0 Å². The molecule has 2 aromatic heterocycles. The van der Waals surface area contributed by atoms with E-state index in [0.717, 1.165) is 61.7 Å². The van der Waals surface area contributed by atoms with Gasteiger partial charge in [-0.05, 0) is 50.6 Å². The Morgan fingerprint density at radius 2 is 1.74 bits per heavy atom. The van der Waals surface area contributed by atoms with Crippen molar-refractivity contribution in [3.63, 3.8) is 0 Å². The molecule has 2 fully saturated rings. The van der Waals surface area contributed by atoms with Crippen molar-refractivity contribution in [1.82, 2.24) is 29.7 Å². The van der Waals surface area contributed by atoms with Gasteiger partial charge in [0.1, 0.15) is 18.0 Å². The maximum absolute atomic E-state index is 15.4. The van der Waals surface area contributed by atoms with Gasteiger partial charge in [-0.1, -0.05) is 13.0 Å². The molecule has 4 heterocycles. The molecule has 1 aromatic carbocycles. The third-order valence-corrected chi connectivity index (χ3v) is 7.85. The number of pyridine rings is 1. The molecular formula is C29H36FN7O. The summed E-state index contributed by atoms with van der Waals surface area (Å²) in [7, 11) is 3.98. The lowest BCUT2D eigenvalue weighted by molar-refractivity contribution is 0.0515. The van der Waals surface area contributed by atoms with Gasteiger partial charge in [-0.2, -0.15) is 0 Å². The number of halogens is 1. The molecule has 0 bridgehead atoms. The second-order valence-corrected chi connectivity index (χ2v) is 10.1. The molecule has 0 unspecified atom stereocenters. The van der Waals surface area contributed by atoms with E-state index in [1.807, 2.05) is 26.1 Å². The number of piperidine rings is 1. The lowest BCUT2D eigenvalue weighted by atomic mass is 9.96. The molecule has 2 saturated heterocycles. The van der Waals surface area contributed by atoms with E-state index in [-0.39, 0.29) is 11.5 Å². The van der Waals surface area contributed by atoms with Crippen LogP contribution in [0.25, 0.3) is 22.4 Å². The Kier molecular flexibility index (Phi) is 7.95. The molecule has 0 radical (unpaired) electrons. The predicted octanol–water partition coefficient (Wildman–Crippen LogP) is 3.80. The van der Waals surface area contributed by atoms with Gasteiger partial charge in [-0.25, -0.2) is 19.3 Å². The molecule has 0 saturated carbocycles. The molecular weight excluding hydrogens is 481 g/mol. The summed E-state index contributed by atoms with van der Waals surface area (Å²) in [6, 6.07) is 9.15. The van der Waals surface area contributed by atoms with Gasteiger partial charge in [0, 0.05) is 75.2 Å². The van der Waals surface area contributed by atoms with Gasteiger partial charge in [-0.15, -0.1) is 0 Å². The Labute approximate surface area is 223 Å². The van der Waals surface area contributed by atoms with Gasteiger partial charge in [0.25, 0.3) is 5.91 Å². The van der Waals surface area contributed by atoms with Crippen molar-refractivity contribution in [1.29, 1.82) is 0 Å². The molecule has 5 rings (SSSR count). The van der Waals surface area contributed by atoms with Crippen LogP contribution in [0.3, 0.4) is 0 Å². The molecule has 1 amide bonds. The summed E-state index contributed by atoms with van der Waals surface area (Å²) in [4.78, 5) is 33.4. The van der Waals surface area contributed by atoms with Crippen molar-refractivity contribution in [2.45, 2.75) is 32.2 Å². The Bertz CT molecular complexity index is 1270. The number of carbonyl (C=O) groups excluding carboxylic acids is 1. The first-order valence-corrected chi connectivity index (χ1v) is 13.5. The molecule has 0 spiro atoms. The lowest BCUT2D eigenvalue weighted by Gasteiger charge is -2.42. The molecule has 2 aliphatic rings. The van der Waals surface area contributed by atoms with Crippen molar-refractivity contribution in [2.75, 3.05) is 58.7 Å². The van der Waals surface area contributed by atoms with Gasteiger partial charge in [0.05, 0.1) is 17.0 Å². The Morgan fingerprint density at radius 1 is 1.00 bits per heavy atom. The van der Waals surface area contributed by atoms with E-state index >= 15 is 4.39 Å². The van der Waals surface area contributed by atoms with E-state index in [2.05, 4.69) is 37.1 Å². The Morgan fingerprint density at radius 3 is 2.37 bits per heavy atom. The van der Waals surface area contributed by atoms with E-state index in [0.29, 0.717) is 36.8 Å². The fourth-order valence-corrected chi connectivity index (χ4v) is 5.53. The second-order valence-electron chi connectivity index (χ2n) is 10.1. The van der Waals surface area contributed by atoms with Gasteiger partial charge in [-0.3, -0.25) is 9.69 Å². The van der Waals surface area contributed by atoms with Crippen LogP contribution >= 0.6 is 0 Å². The predicted molar refractivity (Wildman–Crippen MR) is 148 cm³/mol. The molecule has 3 aromatic rings. The van der Waals surface area contributed by atoms with E-state index in [1.54, 1.807) is 23.2 Å². The first-order valence-electron chi connectivity index (χ1n) is 13.5. The number of hydrogen-bond acceptors (Lipinski definition) is 7. The highest BCUT2D eigenvalue weighted by atomic mass is 19.1. The number of piperazine rings is 1. The van der Waals surface area contributed by atoms with E-state index in [9.17, 15) is 4.79 Å². The maximum atomic E-state index is 15.4. The lowest BCUT2D eigenvalue weighted by Crippen LogP contribution is -2.53. The molecule has 0 atom stereocenters. The average molecular weight is 518 g/mol. The molecule has 1 N–H and O–H groups in total. The topological polar surface area (TPSA) is 77.5 Å². The maximum Gasteiger partial charge on any atom is 0.256 e. The summed E-state index contributed by atoms with van der Waals surface area (Å²) in [6.07, 6.45) is 5.84. The van der Waals surface area contributed by atoms with E-state index in [4.69, 9.17) is 0 Å². The van der Waals surface area contributed by atoms with E-state index < -0.39 is 5.82 Å². The number of aromatic nitrogens is 3. The van der Waals surface area contributed by atoms with Crippen molar-refractivity contribution in [3.8, 4) is 22.4 Å². The van der Waals surface area contributed by atoms with Crippen LogP contribution in [0.15, 0.2) is 42.9 Å². The smallest absolute Gasteiger partial charge is 0.256 e. The Hall–Kier alpha value is -3.43. The summed E-state index contributed by atoms with van der Waals surface area (Å²) in [6.45, 7) is 7.66. The second kappa shape index (κ2) is 11.5. The first kappa shape index (κ1) is 26.2. The number of anilines is 1. The molecule has 38 heavy (non-hydrogen) atoms. The largest absolute Gasteiger partial charge is 0.373 e. The zero-order chi connectivity index (χ0) is 26.6. The number of nitrogens with zero attached hydrogens (tertiary/aromatic N) is 6. The zero-order valence-corrected chi connectivity index (χ0v) is 22.5. The third kappa shape index (κ3) is 5.39. The summed E-state index contributed by atoms with van der Waals surface area (Å²) in [5.41, 5.74) is 3.89. The quantitative estimate of drug-likeness (QED) is 0.533. The normalized spacial score (nSPS) is 17.5. The molecule has 2 aliphatic heterocycles. The highest BCUT2D eigenvalue weighted by Gasteiger charge is 2.30. The number of benzene rings is 1. The number of rotatable bonds is 6. The van der Waals surface area contributed by atoms with E-state index in [1.165, 1.54) is 12.4 Å². The summed E-state index contributed by atoms with van der Waals surface area (Å²) >= 11 is 0. The van der Waals surface area contributed by atoms with Gasteiger partial charge >= 0.3 is 0 Å². The highest BCUT2D eigenvalue weighted by Crippen LogP contribution is 2.34. The SMILES string of the molecule is CCc1ncnc(-c2ccc(C(=O)N3CCC(N4CCN(C)CC4)CC3)c(F)c2)c1-c1ccc(NC)nc1.